The molecule has 3 heteroatoms. The monoisotopic (exact) mass is 401 g/mol. The van der Waals surface area contributed by atoms with E-state index < -0.39 is 0 Å². The Labute approximate surface area is 180 Å². The Kier molecular flexibility index (Phi) is 267. The third-order valence-corrected chi connectivity index (χ3v) is 1.17. The second-order valence-electron chi connectivity index (χ2n) is 2.01. The predicted octanol–water partition coefficient (Wildman–Crippen LogP) is 6.21. The minimum Gasteiger partial charge on any atom is -0.358 e. The third kappa shape index (κ3) is 62.8. The van der Waals surface area contributed by atoms with Crippen LogP contribution in [0.5, 0.6) is 0 Å². The summed E-state index contributed by atoms with van der Waals surface area (Å²) in [6.07, 6.45) is 20.0. The Hall–Kier alpha value is 0.908. The van der Waals surface area contributed by atoms with Gasteiger partial charge in [-0.2, -0.15) is 12.2 Å². The molecule has 0 N–H and O–H groups in total. The van der Waals surface area contributed by atoms with E-state index in [2.05, 4.69) is 24.3 Å². The third-order valence-electron chi connectivity index (χ3n) is 1.17. The summed E-state index contributed by atoms with van der Waals surface area (Å²) in [5, 5.41) is 0. The van der Waals surface area contributed by atoms with E-state index in [4.69, 9.17) is 0 Å². The van der Waals surface area contributed by atoms with Crippen molar-refractivity contribution < 1.29 is 60.5 Å². The van der Waals surface area contributed by atoms with Gasteiger partial charge in [-0.05, 0) is 0 Å². The summed E-state index contributed by atoms with van der Waals surface area (Å²) in [7, 11) is 0. The maximum Gasteiger partial charge on any atom is 0 e. The quantitative estimate of drug-likeness (QED) is 0.335. The standard InChI is InChI=1S/2C5H5.8CH3.Mn.2Ti/c2*1-2-4-5-3-1;;;;;;;;;;;/h2*1-3H,4H2;8*1H3;;;/q10*-1;;;. The number of allylic oxidation sites excluding steroid dienone is 8. The molecule has 0 heterocycles. The fraction of sp³-hybridized carbons (Fsp3) is 0.111. The average Bonchev–Trinajstić information content (AvgIpc) is 2.67. The second kappa shape index (κ2) is 69.6. The van der Waals surface area contributed by atoms with Gasteiger partial charge in [-0.25, -0.2) is 24.3 Å². The molecule has 1 radical (unpaired) electrons. The van der Waals surface area contributed by atoms with Crippen LogP contribution in [0.2, 0.25) is 0 Å². The summed E-state index contributed by atoms with van der Waals surface area (Å²) in [6, 6.07) is 0. The summed E-state index contributed by atoms with van der Waals surface area (Å²) in [5.41, 5.74) is 0. The first-order valence-corrected chi connectivity index (χ1v) is 3.43. The van der Waals surface area contributed by atoms with Gasteiger partial charge in [0.2, 0.25) is 0 Å². The minimum atomic E-state index is 0. The van der Waals surface area contributed by atoms with Gasteiger partial charge in [-0.3, -0.25) is 12.2 Å². The Bertz CT molecular complexity index is 153. The molecule has 131 valence electrons. The van der Waals surface area contributed by atoms with Crippen molar-refractivity contribution in [2.24, 2.45) is 0 Å². The smallest absolute Gasteiger partial charge is 0 e. The molecule has 0 spiro atoms. The van der Waals surface area contributed by atoms with Crippen molar-refractivity contribution in [1.29, 1.82) is 0 Å². The Balaban J connectivity index is -0.00000000694. The molecule has 0 atom stereocenters. The van der Waals surface area contributed by atoms with Crippen molar-refractivity contribution in [3.05, 3.63) is 108 Å². The van der Waals surface area contributed by atoms with E-state index in [-0.39, 0.29) is 120 Å². The maximum atomic E-state index is 2.99. The second-order valence-corrected chi connectivity index (χ2v) is 2.01. The van der Waals surface area contributed by atoms with Gasteiger partial charge in [0.05, 0.1) is 0 Å². The zero-order valence-corrected chi connectivity index (χ0v) is 19.6. The van der Waals surface area contributed by atoms with Gasteiger partial charge in [-0.1, -0.05) is 0 Å². The van der Waals surface area contributed by atoms with Crippen LogP contribution in [0.25, 0.3) is 0 Å². The van der Waals surface area contributed by atoms with Gasteiger partial charge >= 0.3 is 0 Å². The van der Waals surface area contributed by atoms with Crippen LogP contribution in [0.1, 0.15) is 12.8 Å². The van der Waals surface area contributed by atoms with Crippen LogP contribution in [-0.4, -0.2) is 0 Å². The van der Waals surface area contributed by atoms with Crippen LogP contribution in [0.3, 0.4) is 0 Å². The van der Waals surface area contributed by atoms with Gasteiger partial charge < -0.3 is 59.4 Å². The molecule has 0 aromatic heterocycles. The van der Waals surface area contributed by atoms with E-state index in [9.17, 15) is 0 Å². The number of hydrogen-bond acceptors (Lipinski definition) is 0. The molecular formula is C18H34MnTi2-10. The van der Waals surface area contributed by atoms with Gasteiger partial charge in [0.1, 0.15) is 0 Å². The molecule has 2 aliphatic rings. The summed E-state index contributed by atoms with van der Waals surface area (Å²) in [6.45, 7) is 0. The van der Waals surface area contributed by atoms with Gasteiger partial charge in [-0.15, -0.1) is 12.8 Å². The normalized spacial score (nSPS) is 8.38. The fourth-order valence-corrected chi connectivity index (χ4v) is 0.680. The van der Waals surface area contributed by atoms with Crippen LogP contribution in [-0.2, 0) is 60.5 Å². The Morgan fingerprint density at radius 1 is 0.524 bits per heavy atom. The summed E-state index contributed by atoms with van der Waals surface area (Å²) in [4.78, 5) is 0. The van der Waals surface area contributed by atoms with Gasteiger partial charge in [0.15, 0.2) is 0 Å². The molecular weight excluding hydrogens is 367 g/mol. The Morgan fingerprint density at radius 3 is 0.810 bits per heavy atom. The molecule has 0 aromatic rings. The van der Waals surface area contributed by atoms with E-state index >= 15 is 0 Å². The number of rotatable bonds is 0. The van der Waals surface area contributed by atoms with Crippen molar-refractivity contribution in [2.45, 2.75) is 12.8 Å². The molecule has 0 aromatic carbocycles. The van der Waals surface area contributed by atoms with Crippen molar-refractivity contribution in [3.8, 4) is 0 Å². The van der Waals surface area contributed by atoms with Crippen LogP contribution < -0.4 is 0 Å². The molecule has 0 aliphatic heterocycles. The van der Waals surface area contributed by atoms with Gasteiger partial charge in [0, 0.05) is 60.5 Å². The van der Waals surface area contributed by atoms with Crippen LogP contribution in [0, 0.1) is 71.6 Å². The van der Waals surface area contributed by atoms with Crippen LogP contribution >= 0.6 is 0 Å². The topological polar surface area (TPSA) is 0 Å². The first kappa shape index (κ1) is 80.5. The van der Waals surface area contributed by atoms with Crippen molar-refractivity contribution in [2.75, 3.05) is 0 Å². The zero-order chi connectivity index (χ0) is 7.07. The Morgan fingerprint density at radius 2 is 0.762 bits per heavy atom. The SMILES string of the molecule is [C-]1=CC=CC1.[C-]1=CC=CC1.[CH3-].[CH3-].[CH3-].[CH3-].[CH3-].[CH3-].[CH3-].[CH3-].[Mn].[Ti].[Ti]. The van der Waals surface area contributed by atoms with E-state index in [0.29, 0.717) is 0 Å². The van der Waals surface area contributed by atoms with Crippen molar-refractivity contribution >= 4 is 0 Å². The largest absolute Gasteiger partial charge is 0.358 e. The summed E-state index contributed by atoms with van der Waals surface area (Å²) < 4.78 is 0. The number of hydrogen-bond donors (Lipinski definition) is 0. The van der Waals surface area contributed by atoms with E-state index in [1.165, 1.54) is 0 Å². The van der Waals surface area contributed by atoms with E-state index in [1.54, 1.807) is 0 Å². The van der Waals surface area contributed by atoms with Gasteiger partial charge in [0.25, 0.3) is 0 Å². The summed E-state index contributed by atoms with van der Waals surface area (Å²) in [5.74, 6) is 0. The molecule has 0 nitrogen and oxygen atoms in total. The van der Waals surface area contributed by atoms with Crippen LogP contribution in [0.4, 0.5) is 0 Å². The fourth-order valence-electron chi connectivity index (χ4n) is 0.680. The van der Waals surface area contributed by atoms with Crippen LogP contribution in [0.15, 0.2) is 36.5 Å². The zero-order valence-electron chi connectivity index (χ0n) is 15.3. The molecule has 0 unspecified atom stereocenters. The predicted molar refractivity (Wildman–Crippen MR) is 94.5 cm³/mol. The van der Waals surface area contributed by atoms with Crippen molar-refractivity contribution in [3.63, 3.8) is 0 Å². The molecule has 0 saturated carbocycles. The molecule has 2 aliphatic carbocycles. The first-order chi connectivity index (χ1) is 5.00. The molecule has 2 rings (SSSR count). The summed E-state index contributed by atoms with van der Waals surface area (Å²) >= 11 is 0. The van der Waals surface area contributed by atoms with E-state index in [0.717, 1.165) is 12.8 Å². The molecule has 21 heavy (non-hydrogen) atoms. The molecule has 0 amide bonds. The molecule has 0 saturated heterocycles. The minimum absolute atomic E-state index is 0. The van der Waals surface area contributed by atoms with E-state index in [1.807, 2.05) is 24.3 Å². The molecule has 0 bridgehead atoms. The first-order valence-electron chi connectivity index (χ1n) is 3.43. The average molecular weight is 401 g/mol. The maximum absolute atomic E-state index is 2.99. The van der Waals surface area contributed by atoms with Crippen molar-refractivity contribution in [1.82, 2.24) is 0 Å². The molecule has 0 fully saturated rings.